The van der Waals surface area contributed by atoms with Gasteiger partial charge in [0.05, 0.1) is 5.52 Å². The molecule has 96 valence electrons. The molecule has 1 aromatic carbocycles. The number of carboxylic acids is 1. The minimum atomic E-state index is -1.12. The molecule has 0 aliphatic carbocycles. The maximum absolute atomic E-state index is 10.8. The fraction of sp³-hybridized carbons (Fsp3) is 0.0833. The highest BCUT2D eigenvalue weighted by atomic mass is 79.9. The van der Waals surface area contributed by atoms with E-state index in [1.54, 1.807) is 4.68 Å². The lowest BCUT2D eigenvalue weighted by Crippen LogP contribution is -1.94. The Hall–Kier alpha value is -2.15. The second kappa shape index (κ2) is 4.20. The van der Waals surface area contributed by atoms with Gasteiger partial charge < -0.3 is 9.63 Å². The number of halogens is 1. The van der Waals surface area contributed by atoms with E-state index in [2.05, 4.69) is 26.2 Å². The maximum atomic E-state index is 10.8. The van der Waals surface area contributed by atoms with Crippen molar-refractivity contribution >= 4 is 32.8 Å². The summed E-state index contributed by atoms with van der Waals surface area (Å²) >= 11 is 3.38. The molecule has 0 fully saturated rings. The molecule has 0 saturated heterocycles. The van der Waals surface area contributed by atoms with Gasteiger partial charge in [-0.05, 0) is 28.1 Å². The third kappa shape index (κ3) is 1.82. The smallest absolute Gasteiger partial charge is 0.358 e. The predicted molar refractivity (Wildman–Crippen MR) is 70.9 cm³/mol. The van der Waals surface area contributed by atoms with Gasteiger partial charge in [-0.25, -0.2) is 4.79 Å². The second-order valence-corrected chi connectivity index (χ2v) is 4.75. The maximum Gasteiger partial charge on any atom is 0.358 e. The van der Waals surface area contributed by atoms with Crippen molar-refractivity contribution in [1.29, 1.82) is 0 Å². The molecule has 3 aromatic rings. The van der Waals surface area contributed by atoms with Crippen molar-refractivity contribution in [3.63, 3.8) is 0 Å². The number of para-hydroxylation sites is 1. The summed E-state index contributed by atoms with van der Waals surface area (Å²) in [5.74, 6) is -0.716. The highest BCUT2D eigenvalue weighted by molar-refractivity contribution is 9.10. The minimum Gasteiger partial charge on any atom is -0.476 e. The molecule has 0 unspecified atom stereocenters. The molecule has 2 aromatic heterocycles. The fourth-order valence-electron chi connectivity index (χ4n) is 2.00. The fourth-order valence-corrected chi connectivity index (χ4v) is 2.55. The molecule has 0 radical (unpaired) electrons. The summed E-state index contributed by atoms with van der Waals surface area (Å²) < 4.78 is 7.53. The Balaban J connectivity index is 2.27. The van der Waals surface area contributed by atoms with Crippen molar-refractivity contribution in [3.05, 3.63) is 34.6 Å². The van der Waals surface area contributed by atoms with E-state index in [0.29, 0.717) is 5.76 Å². The number of benzene rings is 1. The molecular weight excluding hydrogens is 314 g/mol. The molecule has 2 heterocycles. The number of nitrogens with zero attached hydrogens (tertiary/aromatic N) is 3. The minimum absolute atomic E-state index is 0.117. The molecule has 19 heavy (non-hydrogen) atoms. The van der Waals surface area contributed by atoms with Crippen LogP contribution in [0.5, 0.6) is 0 Å². The number of hydrogen-bond donors (Lipinski definition) is 1. The number of carbonyl (C=O) groups is 1. The summed E-state index contributed by atoms with van der Waals surface area (Å²) in [6, 6.07) is 7.01. The van der Waals surface area contributed by atoms with Gasteiger partial charge in [0.1, 0.15) is 4.60 Å². The average Bonchev–Trinajstić information content (AvgIpc) is 2.96. The van der Waals surface area contributed by atoms with Crippen molar-refractivity contribution in [2.75, 3.05) is 0 Å². The molecule has 3 rings (SSSR count). The Labute approximate surface area is 115 Å². The molecule has 0 aliphatic heterocycles. The summed E-state index contributed by atoms with van der Waals surface area (Å²) in [6.07, 6.45) is 0. The zero-order chi connectivity index (χ0) is 13.6. The van der Waals surface area contributed by atoms with Gasteiger partial charge in [0.15, 0.2) is 11.5 Å². The van der Waals surface area contributed by atoms with Crippen LogP contribution in [0.15, 0.2) is 33.4 Å². The SMILES string of the molecule is Cn1nc(Br)c2cccc(-c3cc(C(=O)O)no3)c21. The normalized spacial score (nSPS) is 11.1. The van der Waals surface area contributed by atoms with E-state index in [4.69, 9.17) is 9.63 Å². The Morgan fingerprint density at radius 3 is 2.95 bits per heavy atom. The number of carboxylic acid groups (broad SMARTS) is 1. The number of hydrogen-bond acceptors (Lipinski definition) is 4. The van der Waals surface area contributed by atoms with Crippen molar-refractivity contribution < 1.29 is 14.4 Å². The standard InChI is InChI=1S/C12H8BrN3O3/c1-16-10-6(3-2-4-7(10)11(13)14-16)9-5-8(12(17)18)15-19-9/h2-5H,1H3,(H,17,18). The van der Waals surface area contributed by atoms with E-state index in [1.165, 1.54) is 6.07 Å². The number of fused-ring (bicyclic) bond motifs is 1. The number of rotatable bonds is 2. The first-order valence-corrected chi connectivity index (χ1v) is 6.19. The largest absolute Gasteiger partial charge is 0.476 e. The Kier molecular flexibility index (Phi) is 2.63. The molecule has 0 amide bonds. The zero-order valence-electron chi connectivity index (χ0n) is 9.79. The van der Waals surface area contributed by atoms with Gasteiger partial charge in [0, 0.05) is 24.1 Å². The predicted octanol–water partition coefficient (Wildman–Crippen LogP) is 2.69. The highest BCUT2D eigenvalue weighted by Gasteiger charge is 2.17. The Bertz CT molecular complexity index is 791. The molecule has 0 aliphatic rings. The van der Waals surface area contributed by atoms with Gasteiger partial charge in [0.2, 0.25) is 0 Å². The summed E-state index contributed by atoms with van der Waals surface area (Å²) in [7, 11) is 1.81. The van der Waals surface area contributed by atoms with Crippen molar-refractivity contribution in [1.82, 2.24) is 14.9 Å². The average molecular weight is 322 g/mol. The highest BCUT2D eigenvalue weighted by Crippen LogP contribution is 2.32. The first kappa shape index (κ1) is 11.9. The van der Waals surface area contributed by atoms with Gasteiger partial charge >= 0.3 is 5.97 Å². The van der Waals surface area contributed by atoms with E-state index in [1.807, 2.05) is 25.2 Å². The molecular formula is C12H8BrN3O3. The van der Waals surface area contributed by atoms with Crippen molar-refractivity contribution in [2.24, 2.45) is 7.05 Å². The zero-order valence-corrected chi connectivity index (χ0v) is 11.4. The monoisotopic (exact) mass is 321 g/mol. The van der Waals surface area contributed by atoms with E-state index in [0.717, 1.165) is 21.1 Å². The topological polar surface area (TPSA) is 81.2 Å². The molecule has 1 N–H and O–H groups in total. The van der Waals surface area contributed by atoms with Crippen LogP contribution in [-0.2, 0) is 7.05 Å². The Morgan fingerprint density at radius 1 is 1.47 bits per heavy atom. The van der Waals surface area contributed by atoms with Gasteiger partial charge in [-0.2, -0.15) is 5.10 Å². The third-order valence-corrected chi connectivity index (χ3v) is 3.40. The van der Waals surface area contributed by atoms with E-state index in [9.17, 15) is 4.79 Å². The summed E-state index contributed by atoms with van der Waals surface area (Å²) in [5, 5.41) is 17.6. The molecule has 7 heteroatoms. The van der Waals surface area contributed by atoms with Gasteiger partial charge in [-0.3, -0.25) is 4.68 Å². The lowest BCUT2D eigenvalue weighted by molar-refractivity contribution is 0.0686. The van der Waals surface area contributed by atoms with Crippen molar-refractivity contribution in [3.8, 4) is 11.3 Å². The van der Waals surface area contributed by atoms with Crippen LogP contribution < -0.4 is 0 Å². The molecule has 0 saturated carbocycles. The van der Waals surface area contributed by atoms with Crippen LogP contribution in [0.4, 0.5) is 0 Å². The first-order valence-electron chi connectivity index (χ1n) is 5.39. The second-order valence-electron chi connectivity index (χ2n) is 4.00. The third-order valence-electron chi connectivity index (χ3n) is 2.81. The summed E-state index contributed by atoms with van der Waals surface area (Å²) in [6.45, 7) is 0. The summed E-state index contributed by atoms with van der Waals surface area (Å²) in [4.78, 5) is 10.8. The quantitative estimate of drug-likeness (QED) is 0.784. The van der Waals surface area contributed by atoms with Gasteiger partial charge in [0.25, 0.3) is 0 Å². The van der Waals surface area contributed by atoms with E-state index in [-0.39, 0.29) is 5.69 Å². The van der Waals surface area contributed by atoms with Crippen LogP contribution in [0, 0.1) is 0 Å². The van der Waals surface area contributed by atoms with Crippen LogP contribution in [0.25, 0.3) is 22.2 Å². The van der Waals surface area contributed by atoms with E-state index < -0.39 is 5.97 Å². The summed E-state index contributed by atoms with van der Waals surface area (Å²) in [5.41, 5.74) is 1.48. The lowest BCUT2D eigenvalue weighted by Gasteiger charge is -2.00. The van der Waals surface area contributed by atoms with Crippen LogP contribution in [0.3, 0.4) is 0 Å². The van der Waals surface area contributed by atoms with Crippen LogP contribution in [0.2, 0.25) is 0 Å². The van der Waals surface area contributed by atoms with E-state index >= 15 is 0 Å². The first-order chi connectivity index (χ1) is 9.08. The van der Waals surface area contributed by atoms with Crippen LogP contribution >= 0.6 is 15.9 Å². The Morgan fingerprint density at radius 2 is 2.26 bits per heavy atom. The van der Waals surface area contributed by atoms with Gasteiger partial charge in [-0.15, -0.1) is 0 Å². The molecule has 0 spiro atoms. The number of aromatic nitrogens is 3. The van der Waals surface area contributed by atoms with Crippen molar-refractivity contribution in [2.45, 2.75) is 0 Å². The molecule has 6 nitrogen and oxygen atoms in total. The molecule has 0 bridgehead atoms. The molecule has 0 atom stereocenters. The van der Waals surface area contributed by atoms with Crippen LogP contribution in [0.1, 0.15) is 10.5 Å². The van der Waals surface area contributed by atoms with Crippen LogP contribution in [-0.4, -0.2) is 26.0 Å². The number of aryl methyl sites for hydroxylation is 1. The lowest BCUT2D eigenvalue weighted by atomic mass is 10.1. The van der Waals surface area contributed by atoms with Gasteiger partial charge in [-0.1, -0.05) is 11.2 Å². The number of aromatic carboxylic acids is 1.